The van der Waals surface area contributed by atoms with Gasteiger partial charge in [-0.3, -0.25) is 0 Å². The van der Waals surface area contributed by atoms with Crippen LogP contribution in [0.5, 0.6) is 0 Å². The van der Waals surface area contributed by atoms with Gasteiger partial charge in [0.15, 0.2) is 0 Å². The Hall–Kier alpha value is -0.820. The van der Waals surface area contributed by atoms with Crippen molar-refractivity contribution in [1.29, 1.82) is 0 Å². The Morgan fingerprint density at radius 2 is 1.88 bits per heavy atom. The maximum Gasteiger partial charge on any atom is -0.00461 e. The summed E-state index contributed by atoms with van der Waals surface area (Å²) in [4.78, 5) is 0. The van der Waals surface area contributed by atoms with Gasteiger partial charge < -0.3 is 5.32 Å². The highest BCUT2D eigenvalue weighted by atomic mass is 14.8. The molecule has 0 spiro atoms. The van der Waals surface area contributed by atoms with Gasteiger partial charge in [-0.15, -0.1) is 0 Å². The molecule has 0 aliphatic rings. The fourth-order valence-corrected chi connectivity index (χ4v) is 2.49. The summed E-state index contributed by atoms with van der Waals surface area (Å²) in [5.41, 5.74) is 4.37. The molecule has 0 amide bonds. The summed E-state index contributed by atoms with van der Waals surface area (Å²) < 4.78 is 0. The SMILES string of the molecule is CNCCC(CC(C)C)c1cc(C)ccc1C. The van der Waals surface area contributed by atoms with Crippen LogP contribution in [-0.2, 0) is 0 Å². The quantitative estimate of drug-likeness (QED) is 0.782. The number of hydrogen-bond acceptors (Lipinski definition) is 1. The van der Waals surface area contributed by atoms with Crippen LogP contribution in [0, 0.1) is 19.8 Å². The van der Waals surface area contributed by atoms with E-state index in [4.69, 9.17) is 0 Å². The molecule has 0 fully saturated rings. The van der Waals surface area contributed by atoms with Gasteiger partial charge in [-0.1, -0.05) is 37.6 Å². The first kappa shape index (κ1) is 14.2. The normalized spacial score (nSPS) is 13.1. The van der Waals surface area contributed by atoms with Gasteiger partial charge in [0.25, 0.3) is 0 Å². The Kier molecular flexibility index (Phi) is 5.70. The first-order valence-corrected chi connectivity index (χ1v) is 6.76. The topological polar surface area (TPSA) is 12.0 Å². The molecule has 1 heteroatoms. The van der Waals surface area contributed by atoms with Gasteiger partial charge in [-0.2, -0.15) is 0 Å². The van der Waals surface area contributed by atoms with E-state index < -0.39 is 0 Å². The minimum atomic E-state index is 0.697. The number of rotatable bonds is 6. The molecule has 0 saturated heterocycles. The van der Waals surface area contributed by atoms with Crippen LogP contribution >= 0.6 is 0 Å². The first-order chi connectivity index (χ1) is 8.04. The molecule has 1 N–H and O–H groups in total. The lowest BCUT2D eigenvalue weighted by molar-refractivity contribution is 0.468. The fraction of sp³-hybridized carbons (Fsp3) is 0.625. The molecule has 1 unspecified atom stereocenters. The molecule has 0 aliphatic heterocycles. The van der Waals surface area contributed by atoms with Gasteiger partial charge in [-0.05, 0) is 63.2 Å². The molecular formula is C16H27N. The molecule has 1 atom stereocenters. The highest BCUT2D eigenvalue weighted by Gasteiger charge is 2.15. The highest BCUT2D eigenvalue weighted by molar-refractivity contribution is 5.33. The van der Waals surface area contributed by atoms with E-state index >= 15 is 0 Å². The van der Waals surface area contributed by atoms with Crippen molar-refractivity contribution in [3.05, 3.63) is 34.9 Å². The zero-order chi connectivity index (χ0) is 12.8. The van der Waals surface area contributed by atoms with Crippen molar-refractivity contribution in [3.8, 4) is 0 Å². The predicted molar refractivity (Wildman–Crippen MR) is 76.7 cm³/mol. The van der Waals surface area contributed by atoms with Crippen molar-refractivity contribution in [1.82, 2.24) is 5.32 Å². The molecule has 96 valence electrons. The van der Waals surface area contributed by atoms with Gasteiger partial charge in [0.05, 0.1) is 0 Å². The van der Waals surface area contributed by atoms with E-state index in [0.717, 1.165) is 12.5 Å². The van der Waals surface area contributed by atoms with Crippen LogP contribution in [0.25, 0.3) is 0 Å². The zero-order valence-corrected chi connectivity index (χ0v) is 12.0. The Bertz CT molecular complexity index is 341. The molecule has 17 heavy (non-hydrogen) atoms. The number of nitrogens with one attached hydrogen (secondary N) is 1. The van der Waals surface area contributed by atoms with E-state index in [0.29, 0.717) is 5.92 Å². The maximum absolute atomic E-state index is 3.28. The Labute approximate surface area is 107 Å². The van der Waals surface area contributed by atoms with Gasteiger partial charge in [0.2, 0.25) is 0 Å². The lowest BCUT2D eigenvalue weighted by Crippen LogP contribution is -2.14. The van der Waals surface area contributed by atoms with Crippen LogP contribution in [0.3, 0.4) is 0 Å². The summed E-state index contributed by atoms with van der Waals surface area (Å²) >= 11 is 0. The molecule has 1 aromatic rings. The van der Waals surface area contributed by atoms with Crippen molar-refractivity contribution < 1.29 is 0 Å². The number of benzene rings is 1. The Balaban J connectivity index is 2.90. The summed E-state index contributed by atoms with van der Waals surface area (Å²) in [5.74, 6) is 1.46. The van der Waals surface area contributed by atoms with Crippen LogP contribution in [0.15, 0.2) is 18.2 Å². The molecule has 0 heterocycles. The third-order valence-corrected chi connectivity index (χ3v) is 3.37. The minimum absolute atomic E-state index is 0.697. The van der Waals surface area contributed by atoms with Crippen LogP contribution < -0.4 is 5.32 Å². The summed E-state index contributed by atoms with van der Waals surface area (Å²) in [6.45, 7) is 10.2. The van der Waals surface area contributed by atoms with Gasteiger partial charge in [0, 0.05) is 0 Å². The summed E-state index contributed by atoms with van der Waals surface area (Å²) in [7, 11) is 2.04. The summed E-state index contributed by atoms with van der Waals surface area (Å²) in [6, 6.07) is 6.85. The second kappa shape index (κ2) is 6.80. The molecule has 1 rings (SSSR count). The standard InChI is InChI=1S/C16H27N/c1-12(2)10-15(8-9-17-5)16-11-13(3)6-7-14(16)4/h6-7,11-12,15,17H,8-10H2,1-5H3. The molecule has 0 aliphatic carbocycles. The van der Waals surface area contributed by atoms with Crippen LogP contribution in [-0.4, -0.2) is 13.6 Å². The van der Waals surface area contributed by atoms with Gasteiger partial charge >= 0.3 is 0 Å². The zero-order valence-electron chi connectivity index (χ0n) is 12.0. The smallest absolute Gasteiger partial charge is 0.00461 e. The monoisotopic (exact) mass is 233 g/mol. The van der Waals surface area contributed by atoms with Crippen LogP contribution in [0.2, 0.25) is 0 Å². The number of aryl methyl sites for hydroxylation is 2. The van der Waals surface area contributed by atoms with Gasteiger partial charge in [0.1, 0.15) is 0 Å². The van der Waals surface area contributed by atoms with Crippen molar-refractivity contribution in [2.75, 3.05) is 13.6 Å². The third kappa shape index (κ3) is 4.51. The van der Waals surface area contributed by atoms with E-state index in [1.807, 2.05) is 7.05 Å². The average Bonchev–Trinajstić information content (AvgIpc) is 2.27. The van der Waals surface area contributed by atoms with E-state index in [9.17, 15) is 0 Å². The van der Waals surface area contributed by atoms with Crippen molar-refractivity contribution in [2.45, 2.75) is 46.5 Å². The van der Waals surface area contributed by atoms with Crippen molar-refractivity contribution >= 4 is 0 Å². The van der Waals surface area contributed by atoms with E-state index in [1.54, 1.807) is 5.56 Å². The maximum atomic E-state index is 3.28. The molecule has 1 nitrogen and oxygen atoms in total. The molecule has 0 bridgehead atoms. The van der Waals surface area contributed by atoms with Crippen molar-refractivity contribution in [3.63, 3.8) is 0 Å². The molecule has 0 saturated carbocycles. The minimum Gasteiger partial charge on any atom is -0.320 e. The second-order valence-corrected chi connectivity index (χ2v) is 5.58. The fourth-order valence-electron chi connectivity index (χ4n) is 2.49. The average molecular weight is 233 g/mol. The van der Waals surface area contributed by atoms with E-state index in [2.05, 4.69) is 51.2 Å². The largest absolute Gasteiger partial charge is 0.320 e. The lowest BCUT2D eigenvalue weighted by Gasteiger charge is -2.22. The molecular weight excluding hydrogens is 206 g/mol. The summed E-state index contributed by atoms with van der Waals surface area (Å²) in [5, 5.41) is 3.28. The van der Waals surface area contributed by atoms with Crippen LogP contribution in [0.1, 0.15) is 49.3 Å². The highest BCUT2D eigenvalue weighted by Crippen LogP contribution is 2.29. The Morgan fingerprint density at radius 1 is 1.18 bits per heavy atom. The first-order valence-electron chi connectivity index (χ1n) is 6.76. The predicted octanol–water partition coefficient (Wildman–Crippen LogP) is 4.04. The third-order valence-electron chi connectivity index (χ3n) is 3.37. The molecule has 0 aromatic heterocycles. The van der Waals surface area contributed by atoms with Crippen molar-refractivity contribution in [2.24, 2.45) is 5.92 Å². The van der Waals surface area contributed by atoms with Crippen LogP contribution in [0.4, 0.5) is 0 Å². The molecule has 0 radical (unpaired) electrons. The van der Waals surface area contributed by atoms with E-state index in [-0.39, 0.29) is 0 Å². The summed E-state index contributed by atoms with van der Waals surface area (Å²) in [6.07, 6.45) is 2.52. The lowest BCUT2D eigenvalue weighted by atomic mass is 9.85. The van der Waals surface area contributed by atoms with Gasteiger partial charge in [-0.25, -0.2) is 0 Å². The number of hydrogen-bond donors (Lipinski definition) is 1. The van der Waals surface area contributed by atoms with E-state index in [1.165, 1.54) is 24.0 Å². The molecule has 1 aromatic carbocycles. The second-order valence-electron chi connectivity index (χ2n) is 5.58. The Morgan fingerprint density at radius 3 is 2.47 bits per heavy atom.